The van der Waals surface area contributed by atoms with Crippen molar-refractivity contribution >= 4 is 15.8 Å². The Hall–Kier alpha value is -1.38. The van der Waals surface area contributed by atoms with Crippen LogP contribution >= 0.6 is 0 Å². The van der Waals surface area contributed by atoms with Crippen molar-refractivity contribution in [2.75, 3.05) is 25.5 Å². The molecule has 0 saturated heterocycles. The molecule has 0 atom stereocenters. The third-order valence-electron chi connectivity index (χ3n) is 1.93. The van der Waals surface area contributed by atoms with Crippen molar-refractivity contribution in [2.45, 2.75) is 11.3 Å². The summed E-state index contributed by atoms with van der Waals surface area (Å²) in [5.74, 6) is 0.0186. The van der Waals surface area contributed by atoms with Gasteiger partial charge >= 0.3 is 0 Å². The van der Waals surface area contributed by atoms with Gasteiger partial charge in [0.25, 0.3) is 0 Å². The number of nitrogens with zero attached hydrogens (tertiary/aromatic N) is 1. The number of nitrogens with one attached hydrogen (secondary N) is 2. The zero-order chi connectivity index (χ0) is 12.7. The fraction of sp³-hybridized carbons (Fsp3) is 0.444. The van der Waals surface area contributed by atoms with Crippen LogP contribution in [0.2, 0.25) is 0 Å². The Bertz CT molecular complexity index is 455. The molecule has 0 spiro atoms. The molecule has 0 aliphatic heterocycles. The van der Waals surface area contributed by atoms with E-state index in [1.54, 1.807) is 6.08 Å². The second-order valence-corrected chi connectivity index (χ2v) is 4.97. The van der Waals surface area contributed by atoms with Gasteiger partial charge in [0, 0.05) is 6.54 Å². The summed E-state index contributed by atoms with van der Waals surface area (Å²) in [5.41, 5.74) is 5.42. The Balaban J connectivity index is 2.36. The molecular formula is C9H16N4O3S. The normalized spacial score (nSPS) is 11.5. The first-order chi connectivity index (χ1) is 8.08. The number of rotatable bonds is 8. The van der Waals surface area contributed by atoms with Crippen LogP contribution in [0.25, 0.3) is 0 Å². The second kappa shape index (κ2) is 6.38. The van der Waals surface area contributed by atoms with Gasteiger partial charge in [-0.1, -0.05) is 6.08 Å². The summed E-state index contributed by atoms with van der Waals surface area (Å²) in [7, 11) is -3.61. The van der Waals surface area contributed by atoms with E-state index in [9.17, 15) is 8.42 Å². The molecule has 1 rings (SSSR count). The first kappa shape index (κ1) is 13.7. The predicted molar refractivity (Wildman–Crippen MR) is 63.8 cm³/mol. The van der Waals surface area contributed by atoms with E-state index in [0.717, 1.165) is 12.6 Å². The number of aromatic nitrogens is 2. The topological polar surface area (TPSA) is 110 Å². The van der Waals surface area contributed by atoms with Crippen LogP contribution < -0.4 is 10.5 Å². The molecule has 0 fully saturated rings. The van der Waals surface area contributed by atoms with Crippen LogP contribution in [-0.2, 0) is 14.8 Å². The number of hydrogen-bond donors (Lipinski definition) is 3. The lowest BCUT2D eigenvalue weighted by Crippen LogP contribution is -2.27. The molecule has 0 radical (unpaired) electrons. The number of sulfonamides is 1. The van der Waals surface area contributed by atoms with Crippen molar-refractivity contribution in [1.29, 1.82) is 0 Å². The van der Waals surface area contributed by atoms with Crippen LogP contribution in [0, 0.1) is 0 Å². The molecule has 0 aromatic carbocycles. The summed E-state index contributed by atoms with van der Waals surface area (Å²) in [6, 6.07) is 0. The van der Waals surface area contributed by atoms with Gasteiger partial charge in [-0.05, 0) is 6.42 Å². The third-order valence-corrected chi connectivity index (χ3v) is 3.42. The van der Waals surface area contributed by atoms with Crippen molar-refractivity contribution < 1.29 is 13.2 Å². The minimum absolute atomic E-state index is 0.0186. The Morgan fingerprint density at radius 2 is 2.35 bits per heavy atom. The van der Waals surface area contributed by atoms with E-state index in [2.05, 4.69) is 21.5 Å². The fourth-order valence-electron chi connectivity index (χ4n) is 1.09. The monoisotopic (exact) mass is 260 g/mol. The van der Waals surface area contributed by atoms with Crippen LogP contribution in [0.15, 0.2) is 23.7 Å². The molecule has 0 saturated carbocycles. The van der Waals surface area contributed by atoms with Gasteiger partial charge in [0.05, 0.1) is 19.4 Å². The van der Waals surface area contributed by atoms with E-state index >= 15 is 0 Å². The molecule has 0 aliphatic carbocycles. The van der Waals surface area contributed by atoms with E-state index in [-0.39, 0.29) is 17.3 Å². The predicted octanol–water partition coefficient (Wildman–Crippen LogP) is -0.137. The van der Waals surface area contributed by atoms with Gasteiger partial charge < -0.3 is 10.5 Å². The van der Waals surface area contributed by atoms with Gasteiger partial charge in [-0.15, -0.1) is 6.58 Å². The summed E-state index contributed by atoms with van der Waals surface area (Å²) < 4.78 is 30.9. The Labute approximate surface area is 100 Å². The summed E-state index contributed by atoms with van der Waals surface area (Å²) in [6.45, 7) is 4.55. The molecule has 8 heteroatoms. The highest BCUT2D eigenvalue weighted by Crippen LogP contribution is 2.12. The van der Waals surface area contributed by atoms with Gasteiger partial charge in [-0.3, -0.25) is 5.10 Å². The number of anilines is 1. The highest BCUT2D eigenvalue weighted by atomic mass is 32.2. The lowest BCUT2D eigenvalue weighted by Gasteiger charge is -2.05. The maximum atomic E-state index is 11.7. The van der Waals surface area contributed by atoms with Crippen LogP contribution in [0.5, 0.6) is 0 Å². The zero-order valence-corrected chi connectivity index (χ0v) is 10.2. The highest BCUT2D eigenvalue weighted by molar-refractivity contribution is 7.89. The number of hydrogen-bond acceptors (Lipinski definition) is 5. The van der Waals surface area contributed by atoms with Crippen molar-refractivity contribution in [3.63, 3.8) is 0 Å². The van der Waals surface area contributed by atoms with E-state index in [4.69, 9.17) is 10.5 Å². The van der Waals surface area contributed by atoms with Crippen LogP contribution in [-0.4, -0.2) is 38.4 Å². The number of nitrogen functional groups attached to an aromatic ring is 1. The van der Waals surface area contributed by atoms with Gasteiger partial charge in [0.15, 0.2) is 0 Å². The average Bonchev–Trinajstić information content (AvgIpc) is 2.70. The van der Waals surface area contributed by atoms with Gasteiger partial charge in [-0.25, -0.2) is 13.1 Å². The lowest BCUT2D eigenvalue weighted by molar-refractivity contribution is 0.144. The molecule has 0 amide bonds. The quantitative estimate of drug-likeness (QED) is 0.445. The average molecular weight is 260 g/mol. The van der Waals surface area contributed by atoms with E-state index < -0.39 is 10.0 Å². The molecule has 1 heterocycles. The molecule has 7 nitrogen and oxygen atoms in total. The molecule has 17 heavy (non-hydrogen) atoms. The fourth-order valence-corrected chi connectivity index (χ4v) is 2.13. The van der Waals surface area contributed by atoms with Crippen molar-refractivity contribution in [2.24, 2.45) is 0 Å². The van der Waals surface area contributed by atoms with Crippen LogP contribution in [0.4, 0.5) is 5.82 Å². The number of aromatic amines is 1. The number of ether oxygens (including phenoxy) is 1. The molecule has 0 bridgehead atoms. The molecular weight excluding hydrogens is 244 g/mol. The first-order valence-electron chi connectivity index (χ1n) is 5.05. The first-order valence-corrected chi connectivity index (χ1v) is 6.53. The van der Waals surface area contributed by atoms with Crippen LogP contribution in [0.3, 0.4) is 0 Å². The van der Waals surface area contributed by atoms with Crippen molar-refractivity contribution in [3.8, 4) is 0 Å². The van der Waals surface area contributed by atoms with Crippen LogP contribution in [0.1, 0.15) is 6.42 Å². The highest BCUT2D eigenvalue weighted by Gasteiger charge is 2.18. The molecule has 1 aromatic rings. The van der Waals surface area contributed by atoms with E-state index in [1.807, 2.05) is 0 Å². The smallest absolute Gasteiger partial charge is 0.245 e. The minimum atomic E-state index is -3.61. The maximum Gasteiger partial charge on any atom is 0.245 e. The van der Waals surface area contributed by atoms with Crippen molar-refractivity contribution in [3.05, 3.63) is 18.9 Å². The Morgan fingerprint density at radius 1 is 1.59 bits per heavy atom. The van der Waals surface area contributed by atoms with Gasteiger partial charge in [0.2, 0.25) is 10.0 Å². The Kier molecular flexibility index (Phi) is 5.13. The van der Waals surface area contributed by atoms with E-state index in [0.29, 0.717) is 13.2 Å². The minimum Gasteiger partial charge on any atom is -0.383 e. The molecule has 96 valence electrons. The number of nitrogens with two attached hydrogens (primary N) is 1. The summed E-state index contributed by atoms with van der Waals surface area (Å²) in [4.78, 5) is -0.0522. The largest absolute Gasteiger partial charge is 0.383 e. The molecule has 4 N–H and O–H groups in total. The Morgan fingerprint density at radius 3 is 2.94 bits per heavy atom. The van der Waals surface area contributed by atoms with Gasteiger partial charge in [-0.2, -0.15) is 5.10 Å². The van der Waals surface area contributed by atoms with E-state index in [1.165, 1.54) is 0 Å². The van der Waals surface area contributed by atoms with Gasteiger partial charge in [0.1, 0.15) is 10.7 Å². The summed E-state index contributed by atoms with van der Waals surface area (Å²) in [5, 5.41) is 5.90. The summed E-state index contributed by atoms with van der Waals surface area (Å²) >= 11 is 0. The number of H-pyrrole nitrogens is 1. The summed E-state index contributed by atoms with van der Waals surface area (Å²) in [6.07, 6.45) is 3.63. The molecule has 0 unspecified atom stereocenters. The zero-order valence-electron chi connectivity index (χ0n) is 9.35. The third kappa shape index (κ3) is 4.17. The molecule has 0 aliphatic rings. The van der Waals surface area contributed by atoms with Crippen molar-refractivity contribution in [1.82, 2.24) is 14.9 Å². The second-order valence-electron chi connectivity index (χ2n) is 3.24. The maximum absolute atomic E-state index is 11.7. The lowest BCUT2D eigenvalue weighted by atomic mass is 10.5. The standard InChI is InChI=1S/C9H16N4O3S/c1-2-3-5-16-6-4-12-17(14,15)8-7-11-13-9(8)10/h2,7,12H,1,3-6H2,(H3,10,11,13). The molecule has 1 aromatic heterocycles. The SMILES string of the molecule is C=CCCOCCNS(=O)(=O)c1cn[nH]c1N.